The first-order chi connectivity index (χ1) is 16.4. The summed E-state index contributed by atoms with van der Waals surface area (Å²) in [6.07, 6.45) is 0.843. The Balaban J connectivity index is 1.62. The second-order valence-electron chi connectivity index (χ2n) is 8.21. The Morgan fingerprint density at radius 2 is 1.79 bits per heavy atom. The molecule has 0 unspecified atom stereocenters. The van der Waals surface area contributed by atoms with E-state index in [2.05, 4.69) is 29.4 Å². The monoisotopic (exact) mass is 481 g/mol. The van der Waals surface area contributed by atoms with E-state index in [-0.39, 0.29) is 17.2 Å². The predicted octanol–water partition coefficient (Wildman–Crippen LogP) is 3.84. The number of para-hydroxylation sites is 1. The average Bonchev–Trinajstić information content (AvgIpc) is 3.26. The van der Waals surface area contributed by atoms with Crippen LogP contribution in [0.4, 0.5) is 5.69 Å². The Bertz CT molecular complexity index is 1370. The largest absolute Gasteiger partial charge is 0.497 e. The second-order valence-corrected chi connectivity index (χ2v) is 9.16. The number of aromatic nitrogens is 4. The Morgan fingerprint density at radius 3 is 2.47 bits per heavy atom. The van der Waals surface area contributed by atoms with Crippen molar-refractivity contribution in [2.24, 2.45) is 5.92 Å². The molecule has 178 valence electrons. The predicted molar refractivity (Wildman–Crippen MR) is 133 cm³/mol. The number of fused-ring (bicyclic) bond motifs is 3. The molecule has 10 heteroatoms. The molecule has 0 saturated carbocycles. The van der Waals surface area contributed by atoms with Crippen LogP contribution in [0.1, 0.15) is 20.3 Å². The zero-order valence-corrected chi connectivity index (χ0v) is 20.4. The number of aryl methyl sites for hydroxylation is 1. The SMILES string of the molecule is COc1cc(NC(=O)CSc2nnc3n(CCC(C)C)c(=O)c4ccccc4n23)cc(OC)c1. The van der Waals surface area contributed by atoms with E-state index < -0.39 is 0 Å². The summed E-state index contributed by atoms with van der Waals surface area (Å²) in [5.74, 6) is 1.97. The normalized spacial score (nSPS) is 11.3. The van der Waals surface area contributed by atoms with Crippen LogP contribution in [0.5, 0.6) is 11.5 Å². The van der Waals surface area contributed by atoms with Gasteiger partial charge in [0.05, 0.1) is 30.9 Å². The summed E-state index contributed by atoms with van der Waals surface area (Å²) < 4.78 is 14.0. The van der Waals surface area contributed by atoms with E-state index in [1.165, 1.54) is 11.8 Å². The maximum Gasteiger partial charge on any atom is 0.262 e. The van der Waals surface area contributed by atoms with Crippen LogP contribution in [0.3, 0.4) is 0 Å². The molecule has 4 aromatic rings. The summed E-state index contributed by atoms with van der Waals surface area (Å²) in [6, 6.07) is 12.6. The van der Waals surface area contributed by atoms with Crippen molar-refractivity contribution in [2.75, 3.05) is 25.3 Å². The van der Waals surface area contributed by atoms with Crippen LogP contribution in [-0.4, -0.2) is 45.0 Å². The highest BCUT2D eigenvalue weighted by molar-refractivity contribution is 7.99. The topological polar surface area (TPSA) is 99.7 Å². The fourth-order valence-electron chi connectivity index (χ4n) is 3.62. The van der Waals surface area contributed by atoms with Gasteiger partial charge >= 0.3 is 0 Å². The van der Waals surface area contributed by atoms with Gasteiger partial charge in [-0.3, -0.25) is 18.6 Å². The number of thioether (sulfide) groups is 1. The molecule has 2 heterocycles. The molecular formula is C24H27N5O4S. The molecule has 4 rings (SSSR count). The van der Waals surface area contributed by atoms with E-state index in [9.17, 15) is 9.59 Å². The zero-order valence-electron chi connectivity index (χ0n) is 19.6. The number of ether oxygens (including phenoxy) is 2. The van der Waals surface area contributed by atoms with Gasteiger partial charge in [-0.1, -0.05) is 37.7 Å². The molecule has 0 aliphatic carbocycles. The van der Waals surface area contributed by atoms with Gasteiger partial charge in [0.2, 0.25) is 11.7 Å². The molecule has 34 heavy (non-hydrogen) atoms. The molecule has 0 atom stereocenters. The van der Waals surface area contributed by atoms with Crippen molar-refractivity contribution < 1.29 is 14.3 Å². The van der Waals surface area contributed by atoms with Gasteiger partial charge in [-0.05, 0) is 24.5 Å². The van der Waals surface area contributed by atoms with E-state index in [1.54, 1.807) is 43.1 Å². The van der Waals surface area contributed by atoms with Crippen LogP contribution in [0.2, 0.25) is 0 Å². The molecule has 0 aliphatic rings. The molecule has 1 amide bonds. The molecule has 0 spiro atoms. The molecule has 0 bridgehead atoms. The first-order valence-electron chi connectivity index (χ1n) is 10.9. The van der Waals surface area contributed by atoms with Crippen LogP contribution in [0.25, 0.3) is 16.7 Å². The number of carbonyl (C=O) groups excluding carboxylic acids is 1. The molecule has 2 aromatic heterocycles. The van der Waals surface area contributed by atoms with E-state index in [0.29, 0.717) is 51.5 Å². The van der Waals surface area contributed by atoms with Crippen LogP contribution in [0, 0.1) is 5.92 Å². The van der Waals surface area contributed by atoms with Crippen molar-refractivity contribution in [3.8, 4) is 11.5 Å². The lowest BCUT2D eigenvalue weighted by Gasteiger charge is -2.12. The molecule has 0 radical (unpaired) electrons. The van der Waals surface area contributed by atoms with Crippen molar-refractivity contribution in [3.63, 3.8) is 0 Å². The third-order valence-electron chi connectivity index (χ3n) is 5.38. The molecule has 0 saturated heterocycles. The van der Waals surface area contributed by atoms with Crippen molar-refractivity contribution in [3.05, 3.63) is 52.8 Å². The fraction of sp³-hybridized carbons (Fsp3) is 0.333. The van der Waals surface area contributed by atoms with E-state index >= 15 is 0 Å². The highest BCUT2D eigenvalue weighted by atomic mass is 32.2. The molecule has 9 nitrogen and oxygen atoms in total. The Morgan fingerprint density at radius 1 is 1.09 bits per heavy atom. The minimum Gasteiger partial charge on any atom is -0.497 e. The third kappa shape index (κ3) is 4.86. The first kappa shape index (κ1) is 23.6. The smallest absolute Gasteiger partial charge is 0.262 e. The molecule has 1 N–H and O–H groups in total. The lowest BCUT2D eigenvalue weighted by atomic mass is 10.1. The van der Waals surface area contributed by atoms with Crippen LogP contribution < -0.4 is 20.3 Å². The minimum absolute atomic E-state index is 0.0857. The summed E-state index contributed by atoms with van der Waals surface area (Å²) in [4.78, 5) is 25.8. The van der Waals surface area contributed by atoms with Crippen molar-refractivity contribution >= 4 is 40.0 Å². The van der Waals surface area contributed by atoms with Crippen molar-refractivity contribution in [1.29, 1.82) is 0 Å². The summed E-state index contributed by atoms with van der Waals surface area (Å²) in [5, 5.41) is 12.6. The van der Waals surface area contributed by atoms with Gasteiger partial charge in [-0.25, -0.2) is 0 Å². The van der Waals surface area contributed by atoms with Gasteiger partial charge in [-0.15, -0.1) is 10.2 Å². The van der Waals surface area contributed by atoms with Crippen LogP contribution in [-0.2, 0) is 11.3 Å². The van der Waals surface area contributed by atoms with Crippen molar-refractivity contribution in [1.82, 2.24) is 19.2 Å². The highest BCUT2D eigenvalue weighted by Crippen LogP contribution is 2.27. The standard InChI is InChI=1S/C24H27N5O4S/c1-15(2)9-10-28-22(31)19-7-5-6-8-20(19)29-23(28)26-27-24(29)34-14-21(30)25-16-11-17(32-3)13-18(12-16)33-4/h5-8,11-13,15H,9-10,14H2,1-4H3,(H,25,30). The van der Waals surface area contributed by atoms with E-state index in [0.717, 1.165) is 6.42 Å². The van der Waals surface area contributed by atoms with Gasteiger partial charge in [-0.2, -0.15) is 0 Å². The number of anilines is 1. The summed E-state index contributed by atoms with van der Waals surface area (Å²) in [7, 11) is 3.11. The van der Waals surface area contributed by atoms with Crippen molar-refractivity contribution in [2.45, 2.75) is 32.0 Å². The van der Waals surface area contributed by atoms with Gasteiger partial charge < -0.3 is 14.8 Å². The number of amides is 1. The van der Waals surface area contributed by atoms with Gasteiger partial charge in [0.1, 0.15) is 11.5 Å². The maximum absolute atomic E-state index is 13.1. The lowest BCUT2D eigenvalue weighted by Crippen LogP contribution is -2.24. The lowest BCUT2D eigenvalue weighted by molar-refractivity contribution is -0.113. The number of benzene rings is 2. The average molecular weight is 482 g/mol. The quantitative estimate of drug-likeness (QED) is 0.363. The second kappa shape index (κ2) is 10.2. The highest BCUT2D eigenvalue weighted by Gasteiger charge is 2.18. The summed E-state index contributed by atoms with van der Waals surface area (Å²) in [6.45, 7) is 4.78. The Hall–Kier alpha value is -3.53. The number of nitrogens with one attached hydrogen (secondary N) is 1. The number of hydrogen-bond acceptors (Lipinski definition) is 7. The van der Waals surface area contributed by atoms with E-state index in [1.807, 2.05) is 22.6 Å². The number of methoxy groups -OCH3 is 2. The van der Waals surface area contributed by atoms with Gasteiger partial charge in [0.15, 0.2) is 5.16 Å². The van der Waals surface area contributed by atoms with Crippen LogP contribution >= 0.6 is 11.8 Å². The number of hydrogen-bond donors (Lipinski definition) is 1. The molecule has 2 aromatic carbocycles. The maximum atomic E-state index is 13.1. The molecular weight excluding hydrogens is 454 g/mol. The third-order valence-corrected chi connectivity index (χ3v) is 6.30. The van der Waals surface area contributed by atoms with Crippen LogP contribution in [0.15, 0.2) is 52.4 Å². The fourth-order valence-corrected chi connectivity index (χ4v) is 4.36. The zero-order chi connectivity index (χ0) is 24.2. The Labute approximate surface area is 201 Å². The van der Waals surface area contributed by atoms with Gasteiger partial charge in [0.25, 0.3) is 5.56 Å². The van der Waals surface area contributed by atoms with E-state index in [4.69, 9.17) is 9.47 Å². The Kier molecular flexibility index (Phi) is 7.06. The first-order valence-corrected chi connectivity index (χ1v) is 11.9. The molecule has 0 aliphatic heterocycles. The van der Waals surface area contributed by atoms with Gasteiger partial charge in [0, 0.05) is 30.4 Å². The summed E-state index contributed by atoms with van der Waals surface area (Å²) >= 11 is 1.26. The minimum atomic E-state index is -0.213. The molecule has 0 fully saturated rings. The summed E-state index contributed by atoms with van der Waals surface area (Å²) in [5.41, 5.74) is 1.20. The number of nitrogens with zero attached hydrogens (tertiary/aromatic N) is 4. The number of rotatable bonds is 9. The number of carbonyl (C=O) groups is 1.